The van der Waals surface area contributed by atoms with Gasteiger partial charge in [0, 0.05) is 18.5 Å². The molecule has 9 heteroatoms. The highest BCUT2D eigenvalue weighted by molar-refractivity contribution is 9.10. The second kappa shape index (κ2) is 5.64. The smallest absolute Gasteiger partial charge is 0.235 e. The topological polar surface area (TPSA) is 76.9 Å². The van der Waals surface area contributed by atoms with Gasteiger partial charge in [0.1, 0.15) is 0 Å². The van der Waals surface area contributed by atoms with E-state index >= 15 is 0 Å². The van der Waals surface area contributed by atoms with Gasteiger partial charge in [0.15, 0.2) is 4.60 Å². The molecule has 98 valence electrons. The molecule has 0 saturated carbocycles. The number of halogens is 2. The van der Waals surface area contributed by atoms with Gasteiger partial charge in [-0.25, -0.2) is 17.8 Å². The Morgan fingerprint density at radius 2 is 2.12 bits per heavy atom. The number of hydrogen-bond acceptors (Lipinski definition) is 4. The maximum Gasteiger partial charge on any atom is 0.260 e. The normalized spacial score (nSPS) is 15.8. The summed E-state index contributed by atoms with van der Waals surface area (Å²) in [5.41, 5.74) is 0. The molecule has 1 N–H and O–H groups in total. The van der Waals surface area contributed by atoms with E-state index in [1.54, 1.807) is 6.92 Å². The van der Waals surface area contributed by atoms with E-state index in [-0.39, 0.29) is 21.0 Å². The largest absolute Gasteiger partial charge is 0.260 e. The molecule has 2 unspecified atom stereocenters. The molecule has 0 bridgehead atoms. The van der Waals surface area contributed by atoms with Crippen LogP contribution in [0.2, 0.25) is 0 Å². The molecule has 0 aliphatic rings. The van der Waals surface area contributed by atoms with Crippen molar-refractivity contribution in [1.29, 1.82) is 0 Å². The fraction of sp³-hybridized carbons (Fsp3) is 0.750. The Kier molecular flexibility index (Phi) is 4.94. The number of nitrogens with zero attached hydrogens (tertiary/aromatic N) is 3. The second-order valence-corrected chi connectivity index (χ2v) is 6.97. The van der Waals surface area contributed by atoms with E-state index in [9.17, 15) is 8.42 Å². The lowest BCUT2D eigenvalue weighted by Crippen LogP contribution is -2.35. The van der Waals surface area contributed by atoms with Crippen molar-refractivity contribution in [2.45, 2.75) is 36.7 Å². The SMILES string of the molecule is CC(Cl)CC(C)NS(=O)(=O)c1c(Br)nnn1C. The minimum atomic E-state index is -3.64. The third kappa shape index (κ3) is 3.90. The number of hydrogen-bond donors (Lipinski definition) is 1. The van der Waals surface area contributed by atoms with E-state index in [2.05, 4.69) is 31.0 Å². The lowest BCUT2D eigenvalue weighted by Gasteiger charge is -2.15. The third-order valence-corrected chi connectivity index (χ3v) is 4.68. The summed E-state index contributed by atoms with van der Waals surface area (Å²) in [7, 11) is -2.13. The Labute approximate surface area is 114 Å². The first-order valence-electron chi connectivity index (χ1n) is 4.95. The molecule has 0 radical (unpaired) electrons. The maximum absolute atomic E-state index is 12.0. The van der Waals surface area contributed by atoms with Crippen molar-refractivity contribution in [3.8, 4) is 0 Å². The van der Waals surface area contributed by atoms with Crippen LogP contribution in [-0.2, 0) is 17.1 Å². The molecule has 1 heterocycles. The third-order valence-electron chi connectivity index (χ3n) is 2.03. The van der Waals surface area contributed by atoms with E-state index in [0.717, 1.165) is 0 Å². The zero-order valence-corrected chi connectivity index (χ0v) is 12.8. The quantitative estimate of drug-likeness (QED) is 0.815. The van der Waals surface area contributed by atoms with Crippen LogP contribution in [0.3, 0.4) is 0 Å². The summed E-state index contributed by atoms with van der Waals surface area (Å²) in [4.78, 5) is 0. The van der Waals surface area contributed by atoms with Crippen LogP contribution in [0.5, 0.6) is 0 Å². The molecule has 0 fully saturated rings. The van der Waals surface area contributed by atoms with Crippen LogP contribution in [0.15, 0.2) is 9.63 Å². The van der Waals surface area contributed by atoms with Gasteiger partial charge in [-0.2, -0.15) is 0 Å². The Hall–Kier alpha value is -0.180. The van der Waals surface area contributed by atoms with Crippen molar-refractivity contribution in [2.24, 2.45) is 7.05 Å². The maximum atomic E-state index is 12.0. The summed E-state index contributed by atoms with van der Waals surface area (Å²) in [6.07, 6.45) is 0.545. The predicted octanol–water partition coefficient (Wildman–Crippen LogP) is 1.26. The summed E-state index contributed by atoms with van der Waals surface area (Å²) < 4.78 is 28.0. The summed E-state index contributed by atoms with van der Waals surface area (Å²) in [6.45, 7) is 3.57. The van der Waals surface area contributed by atoms with Gasteiger partial charge in [0.25, 0.3) is 10.0 Å². The molecule has 0 spiro atoms. The van der Waals surface area contributed by atoms with Crippen LogP contribution >= 0.6 is 27.5 Å². The first-order chi connectivity index (χ1) is 7.74. The van der Waals surface area contributed by atoms with Crippen LogP contribution < -0.4 is 4.72 Å². The Balaban J connectivity index is 2.90. The number of aromatic nitrogens is 3. The zero-order chi connectivity index (χ0) is 13.2. The van der Waals surface area contributed by atoms with Gasteiger partial charge in [-0.05, 0) is 36.2 Å². The summed E-state index contributed by atoms with van der Waals surface area (Å²) in [5.74, 6) is 0. The second-order valence-electron chi connectivity index (χ2n) is 3.85. The van der Waals surface area contributed by atoms with Crippen LogP contribution in [-0.4, -0.2) is 34.8 Å². The zero-order valence-electron chi connectivity index (χ0n) is 9.68. The molecule has 0 aliphatic carbocycles. The van der Waals surface area contributed by atoms with E-state index < -0.39 is 10.0 Å². The van der Waals surface area contributed by atoms with Gasteiger partial charge >= 0.3 is 0 Å². The van der Waals surface area contributed by atoms with E-state index in [1.165, 1.54) is 11.7 Å². The molecule has 0 aliphatic heterocycles. The number of aryl methyl sites for hydroxylation is 1. The highest BCUT2D eigenvalue weighted by Crippen LogP contribution is 2.18. The van der Waals surface area contributed by atoms with Crippen molar-refractivity contribution in [2.75, 3.05) is 0 Å². The van der Waals surface area contributed by atoms with Gasteiger partial charge in [-0.1, -0.05) is 5.21 Å². The monoisotopic (exact) mass is 344 g/mol. The molecule has 1 rings (SSSR count). The number of alkyl halides is 1. The lowest BCUT2D eigenvalue weighted by molar-refractivity contribution is 0.531. The van der Waals surface area contributed by atoms with E-state index in [4.69, 9.17) is 11.6 Å². The van der Waals surface area contributed by atoms with E-state index in [0.29, 0.717) is 6.42 Å². The standard InChI is InChI=1S/C8H14BrClN4O2S/c1-5(10)4-6(2)12-17(15,16)8-7(9)11-13-14(8)3/h5-6,12H,4H2,1-3H3. The van der Waals surface area contributed by atoms with Crippen molar-refractivity contribution in [1.82, 2.24) is 19.7 Å². The Morgan fingerprint density at radius 3 is 2.53 bits per heavy atom. The van der Waals surface area contributed by atoms with Gasteiger partial charge in [-0.3, -0.25) is 0 Å². The minimum absolute atomic E-state index is 0.00609. The van der Waals surface area contributed by atoms with Crippen LogP contribution in [0.25, 0.3) is 0 Å². The molecule has 2 atom stereocenters. The summed E-state index contributed by atoms with van der Waals surface area (Å²) >= 11 is 8.87. The predicted molar refractivity (Wildman–Crippen MR) is 68.4 cm³/mol. The molecule has 17 heavy (non-hydrogen) atoms. The van der Waals surface area contributed by atoms with Crippen LogP contribution in [0.1, 0.15) is 20.3 Å². The van der Waals surface area contributed by atoms with Crippen molar-refractivity contribution in [3.05, 3.63) is 4.60 Å². The first kappa shape index (κ1) is 14.9. The van der Waals surface area contributed by atoms with Crippen LogP contribution in [0, 0.1) is 0 Å². The highest BCUT2D eigenvalue weighted by Gasteiger charge is 2.25. The number of nitrogens with one attached hydrogen (secondary N) is 1. The van der Waals surface area contributed by atoms with Crippen LogP contribution in [0.4, 0.5) is 0 Å². The number of rotatable bonds is 5. The highest BCUT2D eigenvalue weighted by atomic mass is 79.9. The van der Waals surface area contributed by atoms with Crippen molar-refractivity contribution >= 4 is 37.6 Å². The molecule has 0 amide bonds. The molecular weight excluding hydrogens is 332 g/mol. The molecule has 1 aromatic rings. The van der Waals surface area contributed by atoms with Gasteiger partial charge in [-0.15, -0.1) is 16.7 Å². The average molecular weight is 346 g/mol. The molecule has 1 aromatic heterocycles. The van der Waals surface area contributed by atoms with Gasteiger partial charge in [0.05, 0.1) is 0 Å². The Morgan fingerprint density at radius 1 is 1.53 bits per heavy atom. The fourth-order valence-electron chi connectivity index (χ4n) is 1.46. The molecule has 0 aromatic carbocycles. The van der Waals surface area contributed by atoms with Crippen molar-refractivity contribution < 1.29 is 8.42 Å². The van der Waals surface area contributed by atoms with Crippen molar-refractivity contribution in [3.63, 3.8) is 0 Å². The fourth-order valence-corrected chi connectivity index (χ4v) is 4.08. The van der Waals surface area contributed by atoms with Gasteiger partial charge < -0.3 is 0 Å². The first-order valence-corrected chi connectivity index (χ1v) is 7.67. The summed E-state index contributed by atoms with van der Waals surface area (Å²) in [5, 5.41) is 7.17. The van der Waals surface area contributed by atoms with Gasteiger partial charge in [0.2, 0.25) is 5.03 Å². The summed E-state index contributed by atoms with van der Waals surface area (Å²) in [6, 6.07) is -0.255. The molecule has 0 saturated heterocycles. The minimum Gasteiger partial charge on any atom is -0.235 e. The molecular formula is C8H14BrClN4O2S. The number of sulfonamides is 1. The Bertz CT molecular complexity index is 468. The van der Waals surface area contributed by atoms with E-state index in [1.807, 2.05) is 6.92 Å². The molecule has 6 nitrogen and oxygen atoms in total. The lowest BCUT2D eigenvalue weighted by atomic mass is 10.2. The average Bonchev–Trinajstić information content (AvgIpc) is 2.43.